The molecule has 0 fully saturated rings. The van der Waals surface area contributed by atoms with E-state index in [0.29, 0.717) is 0 Å². The van der Waals surface area contributed by atoms with Gasteiger partial charge in [-0.1, -0.05) is 29.9 Å². The lowest BCUT2D eigenvalue weighted by atomic mass is 9.81. The number of hydrogen-bond acceptors (Lipinski definition) is 0. The predicted octanol–water partition coefficient (Wildman–Crippen LogP) is 3.23. The third-order valence-electron chi connectivity index (χ3n) is 2.69. The van der Waals surface area contributed by atoms with E-state index in [1.54, 1.807) is 11.1 Å². The van der Waals surface area contributed by atoms with Crippen LogP contribution in [0.1, 0.15) is 26.2 Å². The third kappa shape index (κ3) is 1.18. The second-order valence-electron chi connectivity index (χ2n) is 3.48. The summed E-state index contributed by atoms with van der Waals surface area (Å²) in [5.41, 5.74) is 3.18. The van der Waals surface area contributed by atoms with Crippen molar-refractivity contribution < 1.29 is 0 Å². The van der Waals surface area contributed by atoms with Gasteiger partial charge >= 0.3 is 0 Å². The summed E-state index contributed by atoms with van der Waals surface area (Å²) < 4.78 is 0. The molecule has 2 rings (SSSR count). The minimum Gasteiger partial charge on any atom is -0.0770 e. The molecule has 0 amide bonds. The van der Waals surface area contributed by atoms with E-state index in [0.717, 1.165) is 5.92 Å². The maximum Gasteiger partial charge on any atom is 0.00206 e. The predicted molar refractivity (Wildman–Crippen MR) is 48.3 cm³/mol. The maximum absolute atomic E-state index is 2.33. The molecule has 0 heterocycles. The van der Waals surface area contributed by atoms with Crippen molar-refractivity contribution in [3.8, 4) is 0 Å². The van der Waals surface area contributed by atoms with Gasteiger partial charge in [-0.2, -0.15) is 0 Å². The molecule has 2 aliphatic carbocycles. The molecule has 0 N–H and O–H groups in total. The largest absolute Gasteiger partial charge is 0.0770 e. The number of fused-ring (bicyclic) bond motifs is 1. The molecule has 2 aliphatic rings. The Morgan fingerprint density at radius 1 is 1.36 bits per heavy atom. The van der Waals surface area contributed by atoms with Gasteiger partial charge in [0.25, 0.3) is 0 Å². The van der Waals surface area contributed by atoms with Crippen LogP contribution in [0.4, 0.5) is 0 Å². The highest BCUT2D eigenvalue weighted by Crippen LogP contribution is 2.33. The zero-order valence-corrected chi connectivity index (χ0v) is 7.01. The fraction of sp³-hybridized carbons (Fsp3) is 0.455. The topological polar surface area (TPSA) is 0 Å². The van der Waals surface area contributed by atoms with E-state index in [4.69, 9.17) is 0 Å². The van der Waals surface area contributed by atoms with Crippen LogP contribution in [-0.2, 0) is 0 Å². The lowest BCUT2D eigenvalue weighted by Gasteiger charge is -2.24. The van der Waals surface area contributed by atoms with Gasteiger partial charge in [0.1, 0.15) is 0 Å². The Morgan fingerprint density at radius 3 is 3.09 bits per heavy atom. The molecule has 58 valence electrons. The Morgan fingerprint density at radius 2 is 2.27 bits per heavy atom. The first-order valence-corrected chi connectivity index (χ1v) is 4.42. The van der Waals surface area contributed by atoms with Crippen molar-refractivity contribution in [1.82, 2.24) is 0 Å². The van der Waals surface area contributed by atoms with E-state index in [2.05, 4.69) is 31.2 Å². The van der Waals surface area contributed by atoms with Crippen molar-refractivity contribution in [2.45, 2.75) is 26.2 Å². The van der Waals surface area contributed by atoms with E-state index >= 15 is 0 Å². The van der Waals surface area contributed by atoms with Crippen molar-refractivity contribution in [2.24, 2.45) is 5.92 Å². The Labute approximate surface area is 68.3 Å². The maximum atomic E-state index is 2.33. The number of rotatable bonds is 0. The first-order valence-electron chi connectivity index (χ1n) is 4.42. The lowest BCUT2D eigenvalue weighted by molar-refractivity contribution is 0.587. The average molecular weight is 146 g/mol. The molecular weight excluding hydrogens is 132 g/mol. The zero-order valence-electron chi connectivity index (χ0n) is 7.01. The molecule has 0 nitrogen and oxygen atoms in total. The van der Waals surface area contributed by atoms with Crippen molar-refractivity contribution >= 4 is 0 Å². The zero-order chi connectivity index (χ0) is 7.68. The molecule has 11 heavy (non-hydrogen) atoms. The first kappa shape index (κ1) is 6.90. The van der Waals surface area contributed by atoms with Gasteiger partial charge < -0.3 is 0 Å². The Bertz CT molecular complexity index is 241. The summed E-state index contributed by atoms with van der Waals surface area (Å²) >= 11 is 0. The van der Waals surface area contributed by atoms with Crippen molar-refractivity contribution in [3.63, 3.8) is 0 Å². The van der Waals surface area contributed by atoms with Gasteiger partial charge in [-0.25, -0.2) is 0 Å². The minimum atomic E-state index is 0.744. The summed E-state index contributed by atoms with van der Waals surface area (Å²) in [5.74, 6) is 0.744. The van der Waals surface area contributed by atoms with Gasteiger partial charge in [0, 0.05) is 5.92 Å². The van der Waals surface area contributed by atoms with E-state index in [1.165, 1.54) is 19.3 Å². The van der Waals surface area contributed by atoms with E-state index in [9.17, 15) is 0 Å². The van der Waals surface area contributed by atoms with Gasteiger partial charge in [-0.05, 0) is 31.8 Å². The third-order valence-corrected chi connectivity index (χ3v) is 2.69. The molecular formula is C11H14. The first-order chi connectivity index (χ1) is 5.38. The van der Waals surface area contributed by atoms with Crippen LogP contribution < -0.4 is 0 Å². The Kier molecular flexibility index (Phi) is 1.69. The van der Waals surface area contributed by atoms with Crippen molar-refractivity contribution in [3.05, 3.63) is 35.5 Å². The number of hydrogen-bond donors (Lipinski definition) is 0. The monoisotopic (exact) mass is 146 g/mol. The summed E-state index contributed by atoms with van der Waals surface area (Å²) in [6, 6.07) is 0. The molecule has 0 aromatic heterocycles. The molecule has 1 atom stereocenters. The SMILES string of the molecule is CC1=C2C=CC=CC2CCC1. The van der Waals surface area contributed by atoms with Gasteiger partial charge in [0.05, 0.1) is 0 Å². The van der Waals surface area contributed by atoms with Crippen LogP contribution in [0.5, 0.6) is 0 Å². The van der Waals surface area contributed by atoms with E-state index in [1.807, 2.05) is 0 Å². The normalized spacial score (nSPS) is 29.0. The highest BCUT2D eigenvalue weighted by atomic mass is 14.2. The van der Waals surface area contributed by atoms with Gasteiger partial charge in [0.2, 0.25) is 0 Å². The summed E-state index contributed by atoms with van der Waals surface area (Å²) in [6.45, 7) is 2.27. The summed E-state index contributed by atoms with van der Waals surface area (Å²) in [6.07, 6.45) is 13.0. The van der Waals surface area contributed by atoms with E-state index < -0.39 is 0 Å². The molecule has 0 saturated carbocycles. The van der Waals surface area contributed by atoms with Gasteiger partial charge in [0.15, 0.2) is 0 Å². The second-order valence-corrected chi connectivity index (χ2v) is 3.48. The Balaban J connectivity index is 2.36. The summed E-state index contributed by atoms with van der Waals surface area (Å²) in [7, 11) is 0. The standard InChI is InChI=1S/C11H14/c1-9-5-4-7-10-6-2-3-8-11(9)10/h2-3,6,8,10H,4-5,7H2,1H3. The molecule has 0 radical (unpaired) electrons. The smallest absolute Gasteiger partial charge is 0.00206 e. The van der Waals surface area contributed by atoms with Gasteiger partial charge in [-0.3, -0.25) is 0 Å². The Hall–Kier alpha value is -0.780. The van der Waals surface area contributed by atoms with Crippen LogP contribution in [-0.4, -0.2) is 0 Å². The van der Waals surface area contributed by atoms with Crippen LogP contribution in [0.2, 0.25) is 0 Å². The second kappa shape index (κ2) is 2.69. The number of allylic oxidation sites excluding steroid dienone is 6. The fourth-order valence-corrected chi connectivity index (χ4v) is 2.03. The van der Waals surface area contributed by atoms with Gasteiger partial charge in [-0.15, -0.1) is 0 Å². The quantitative estimate of drug-likeness (QED) is 0.492. The van der Waals surface area contributed by atoms with Crippen LogP contribution in [0.3, 0.4) is 0 Å². The summed E-state index contributed by atoms with van der Waals surface area (Å²) in [5, 5.41) is 0. The lowest BCUT2D eigenvalue weighted by Crippen LogP contribution is -2.09. The molecule has 0 aromatic carbocycles. The highest BCUT2D eigenvalue weighted by Gasteiger charge is 2.17. The summed E-state index contributed by atoms with van der Waals surface area (Å²) in [4.78, 5) is 0. The fourth-order valence-electron chi connectivity index (χ4n) is 2.03. The average Bonchev–Trinajstić information content (AvgIpc) is 2.06. The van der Waals surface area contributed by atoms with Crippen LogP contribution in [0, 0.1) is 5.92 Å². The molecule has 0 heteroatoms. The van der Waals surface area contributed by atoms with Crippen LogP contribution >= 0.6 is 0 Å². The molecule has 0 saturated heterocycles. The molecule has 0 aromatic rings. The molecule has 1 unspecified atom stereocenters. The highest BCUT2D eigenvalue weighted by molar-refractivity contribution is 5.37. The van der Waals surface area contributed by atoms with Crippen molar-refractivity contribution in [1.29, 1.82) is 0 Å². The molecule has 0 bridgehead atoms. The molecule has 0 spiro atoms. The minimum absolute atomic E-state index is 0.744. The van der Waals surface area contributed by atoms with E-state index in [-0.39, 0.29) is 0 Å². The van der Waals surface area contributed by atoms with Crippen molar-refractivity contribution in [2.75, 3.05) is 0 Å². The molecule has 0 aliphatic heterocycles. The van der Waals surface area contributed by atoms with Crippen LogP contribution in [0.25, 0.3) is 0 Å². The van der Waals surface area contributed by atoms with Crippen LogP contribution in [0.15, 0.2) is 35.5 Å².